The Bertz CT molecular complexity index is 642. The number of nitrogens with one attached hydrogen (secondary N) is 2. The normalized spacial score (nSPS) is 14.5. The molecule has 2 N–H and O–H groups in total. The highest BCUT2D eigenvalue weighted by Gasteiger charge is 2.12. The predicted molar refractivity (Wildman–Crippen MR) is 91.4 cm³/mol. The summed E-state index contributed by atoms with van der Waals surface area (Å²) in [5.74, 6) is 0.747. The van der Waals surface area contributed by atoms with Crippen molar-refractivity contribution >= 4 is 5.69 Å². The van der Waals surface area contributed by atoms with Gasteiger partial charge in [0.05, 0.1) is 5.69 Å². The maximum absolute atomic E-state index is 12.9. The third kappa shape index (κ3) is 4.23. The second-order valence-corrected chi connectivity index (χ2v) is 5.92. The lowest BCUT2D eigenvalue weighted by Gasteiger charge is -2.21. The zero-order valence-electron chi connectivity index (χ0n) is 13.4. The smallest absolute Gasteiger partial charge is 0.142 e. The van der Waals surface area contributed by atoms with E-state index in [1.165, 1.54) is 17.7 Å². The van der Waals surface area contributed by atoms with Crippen molar-refractivity contribution in [1.82, 2.24) is 5.32 Å². The molecule has 3 nitrogen and oxygen atoms in total. The highest BCUT2D eigenvalue weighted by molar-refractivity contribution is 5.59. The number of rotatable bonds is 6. The van der Waals surface area contributed by atoms with Gasteiger partial charge in [0.15, 0.2) is 0 Å². The molecule has 122 valence electrons. The van der Waals surface area contributed by atoms with E-state index in [9.17, 15) is 4.39 Å². The Hall–Kier alpha value is -2.07. The van der Waals surface area contributed by atoms with E-state index < -0.39 is 0 Å². The molecule has 0 amide bonds. The van der Waals surface area contributed by atoms with Crippen LogP contribution in [0.5, 0.6) is 5.75 Å². The second kappa shape index (κ2) is 7.47. The molecule has 1 atom stereocenters. The Labute approximate surface area is 136 Å². The Morgan fingerprint density at radius 2 is 1.96 bits per heavy atom. The summed E-state index contributed by atoms with van der Waals surface area (Å²) < 4.78 is 18.6. The Morgan fingerprint density at radius 3 is 2.74 bits per heavy atom. The number of halogens is 1. The summed E-state index contributed by atoms with van der Waals surface area (Å²) in [7, 11) is 0. The van der Waals surface area contributed by atoms with Crippen LogP contribution in [0.25, 0.3) is 0 Å². The van der Waals surface area contributed by atoms with Gasteiger partial charge in [-0.2, -0.15) is 0 Å². The van der Waals surface area contributed by atoms with Gasteiger partial charge in [-0.25, -0.2) is 4.39 Å². The molecule has 3 rings (SSSR count). The van der Waals surface area contributed by atoms with Gasteiger partial charge in [0.2, 0.25) is 0 Å². The van der Waals surface area contributed by atoms with Crippen LogP contribution in [0, 0.1) is 5.82 Å². The van der Waals surface area contributed by atoms with Gasteiger partial charge in [-0.3, -0.25) is 0 Å². The first-order valence-corrected chi connectivity index (χ1v) is 8.22. The van der Waals surface area contributed by atoms with Gasteiger partial charge in [0.25, 0.3) is 0 Å². The van der Waals surface area contributed by atoms with Crippen LogP contribution in [0.2, 0.25) is 0 Å². The molecular weight excluding hydrogens is 291 g/mol. The standard InChI is InChI=1S/C19H23FN2O/c1-2-17(22-13-14-3-6-16(20)7-4-14)11-15-5-8-19-18(12-15)21-9-10-23-19/h3-8,12,17,21-22H,2,9-11,13H2,1H3. The van der Waals surface area contributed by atoms with Crippen LogP contribution in [0.3, 0.4) is 0 Å². The van der Waals surface area contributed by atoms with Crippen molar-refractivity contribution in [1.29, 1.82) is 0 Å². The summed E-state index contributed by atoms with van der Waals surface area (Å²) in [5.41, 5.74) is 3.48. The third-order valence-corrected chi connectivity index (χ3v) is 4.20. The first kappa shape index (κ1) is 15.8. The third-order valence-electron chi connectivity index (χ3n) is 4.20. The van der Waals surface area contributed by atoms with Crippen LogP contribution in [0.1, 0.15) is 24.5 Å². The second-order valence-electron chi connectivity index (χ2n) is 5.92. The summed E-state index contributed by atoms with van der Waals surface area (Å²) in [6, 6.07) is 13.4. The molecule has 1 unspecified atom stereocenters. The molecule has 0 bridgehead atoms. The molecule has 4 heteroatoms. The number of benzene rings is 2. The van der Waals surface area contributed by atoms with E-state index in [0.29, 0.717) is 6.04 Å². The molecule has 0 saturated carbocycles. The average molecular weight is 314 g/mol. The van der Waals surface area contributed by atoms with Crippen LogP contribution < -0.4 is 15.4 Å². The van der Waals surface area contributed by atoms with Crippen LogP contribution in [-0.4, -0.2) is 19.2 Å². The highest BCUT2D eigenvalue weighted by Crippen LogP contribution is 2.28. The molecule has 2 aromatic rings. The summed E-state index contributed by atoms with van der Waals surface area (Å²) in [4.78, 5) is 0. The van der Waals surface area contributed by atoms with Gasteiger partial charge in [-0.05, 0) is 48.2 Å². The van der Waals surface area contributed by atoms with E-state index in [4.69, 9.17) is 4.74 Å². The molecule has 0 saturated heterocycles. The Balaban J connectivity index is 1.59. The lowest BCUT2D eigenvalue weighted by Crippen LogP contribution is -2.30. The lowest BCUT2D eigenvalue weighted by molar-refractivity contribution is 0.323. The van der Waals surface area contributed by atoms with Crippen molar-refractivity contribution in [3.8, 4) is 5.75 Å². The number of hydrogen-bond acceptors (Lipinski definition) is 3. The van der Waals surface area contributed by atoms with Crippen LogP contribution in [0.15, 0.2) is 42.5 Å². The maximum atomic E-state index is 12.9. The van der Waals surface area contributed by atoms with E-state index in [2.05, 4.69) is 29.7 Å². The van der Waals surface area contributed by atoms with Gasteiger partial charge in [0.1, 0.15) is 18.2 Å². The van der Waals surface area contributed by atoms with Crippen molar-refractivity contribution in [2.24, 2.45) is 0 Å². The quantitative estimate of drug-likeness (QED) is 0.852. The SMILES string of the molecule is CCC(Cc1ccc2c(c1)NCCO2)NCc1ccc(F)cc1. The Morgan fingerprint density at radius 1 is 1.17 bits per heavy atom. The average Bonchev–Trinajstić information content (AvgIpc) is 2.60. The number of anilines is 1. The minimum atomic E-state index is -0.190. The topological polar surface area (TPSA) is 33.3 Å². The largest absolute Gasteiger partial charge is 0.490 e. The van der Waals surface area contributed by atoms with Gasteiger partial charge < -0.3 is 15.4 Å². The minimum absolute atomic E-state index is 0.190. The minimum Gasteiger partial charge on any atom is -0.490 e. The van der Waals surface area contributed by atoms with Gasteiger partial charge in [-0.1, -0.05) is 25.1 Å². The van der Waals surface area contributed by atoms with Crippen LogP contribution in [0.4, 0.5) is 10.1 Å². The van der Waals surface area contributed by atoms with Gasteiger partial charge in [-0.15, -0.1) is 0 Å². The summed E-state index contributed by atoms with van der Waals surface area (Å²) in [6.07, 6.45) is 2.01. The van der Waals surface area contributed by atoms with E-state index in [1.807, 2.05) is 18.2 Å². The lowest BCUT2D eigenvalue weighted by atomic mass is 10.0. The number of ether oxygens (including phenoxy) is 1. The summed E-state index contributed by atoms with van der Waals surface area (Å²) >= 11 is 0. The molecule has 0 spiro atoms. The van der Waals surface area contributed by atoms with E-state index in [0.717, 1.165) is 49.5 Å². The zero-order chi connectivity index (χ0) is 16.1. The molecule has 1 aliphatic rings. The molecular formula is C19H23FN2O. The molecule has 1 heterocycles. The van der Waals surface area contributed by atoms with Crippen LogP contribution >= 0.6 is 0 Å². The van der Waals surface area contributed by atoms with Crippen molar-refractivity contribution in [3.05, 3.63) is 59.4 Å². The molecule has 23 heavy (non-hydrogen) atoms. The van der Waals surface area contributed by atoms with Gasteiger partial charge >= 0.3 is 0 Å². The van der Waals surface area contributed by atoms with Crippen LogP contribution in [-0.2, 0) is 13.0 Å². The fourth-order valence-corrected chi connectivity index (χ4v) is 2.82. The first-order chi connectivity index (χ1) is 11.2. The summed E-state index contributed by atoms with van der Waals surface area (Å²) in [5, 5.41) is 6.94. The van der Waals surface area contributed by atoms with Crippen molar-refractivity contribution in [3.63, 3.8) is 0 Å². The molecule has 0 aliphatic carbocycles. The number of hydrogen-bond donors (Lipinski definition) is 2. The fourth-order valence-electron chi connectivity index (χ4n) is 2.82. The number of fused-ring (bicyclic) bond motifs is 1. The van der Waals surface area contributed by atoms with Crippen molar-refractivity contribution < 1.29 is 9.13 Å². The van der Waals surface area contributed by atoms with Gasteiger partial charge in [0, 0.05) is 19.1 Å². The molecule has 1 aliphatic heterocycles. The fraction of sp³-hybridized carbons (Fsp3) is 0.368. The predicted octanol–water partition coefficient (Wildman–Crippen LogP) is 3.74. The van der Waals surface area contributed by atoms with Crippen molar-refractivity contribution in [2.75, 3.05) is 18.5 Å². The van der Waals surface area contributed by atoms with E-state index in [-0.39, 0.29) is 5.82 Å². The summed E-state index contributed by atoms with van der Waals surface area (Å²) in [6.45, 7) is 4.52. The van der Waals surface area contributed by atoms with E-state index >= 15 is 0 Å². The molecule has 0 radical (unpaired) electrons. The molecule has 0 fully saturated rings. The molecule has 0 aromatic heterocycles. The highest BCUT2D eigenvalue weighted by atomic mass is 19.1. The first-order valence-electron chi connectivity index (χ1n) is 8.22. The Kier molecular flexibility index (Phi) is 5.13. The molecule has 2 aromatic carbocycles. The van der Waals surface area contributed by atoms with Crippen molar-refractivity contribution in [2.45, 2.75) is 32.4 Å². The maximum Gasteiger partial charge on any atom is 0.142 e. The zero-order valence-corrected chi connectivity index (χ0v) is 13.4. The monoisotopic (exact) mass is 314 g/mol. The van der Waals surface area contributed by atoms with E-state index in [1.54, 1.807) is 0 Å².